The van der Waals surface area contributed by atoms with Crippen molar-refractivity contribution in [2.45, 2.75) is 13.3 Å². The predicted octanol–water partition coefficient (Wildman–Crippen LogP) is 0.306. The van der Waals surface area contributed by atoms with E-state index in [1.807, 2.05) is 6.07 Å². The Hall–Kier alpha value is -1.50. The quantitative estimate of drug-likeness (QED) is 0.360. The Kier molecular flexibility index (Phi) is 4.58. The average Bonchev–Trinajstić information content (AvgIpc) is 1.86. The number of allylic oxidation sites excluding steroid dienone is 1. The minimum absolute atomic E-state index is 0.124. The topological polar surface area (TPSA) is 76.1 Å². The lowest BCUT2D eigenvalue weighted by Crippen LogP contribution is -2.04. The molecule has 0 heterocycles. The minimum atomic E-state index is -0.500. The van der Waals surface area contributed by atoms with Gasteiger partial charge in [0.25, 0.3) is 0 Å². The summed E-state index contributed by atoms with van der Waals surface area (Å²) >= 11 is 0. The Balaban J connectivity index is 3.56. The molecule has 60 valence electrons. The largest absolute Gasteiger partial charge is 0.461 e. The van der Waals surface area contributed by atoms with Crippen molar-refractivity contribution in [2.24, 2.45) is 5.73 Å². The third-order valence-electron chi connectivity index (χ3n) is 0.804. The maximum Gasteiger partial charge on any atom is 0.332 e. The SMILES string of the molecule is C/C(N)=C\C(=O)OCCC#N. The van der Waals surface area contributed by atoms with E-state index >= 15 is 0 Å². The number of nitriles is 1. The molecule has 0 amide bonds. The monoisotopic (exact) mass is 154 g/mol. The first kappa shape index (κ1) is 9.50. The molecule has 0 aliphatic carbocycles. The average molecular weight is 154 g/mol. The molecule has 0 fully saturated rings. The molecule has 0 aromatic heterocycles. The number of carbonyl (C=O) groups excluding carboxylic acids is 1. The van der Waals surface area contributed by atoms with Gasteiger partial charge in [-0.15, -0.1) is 0 Å². The van der Waals surface area contributed by atoms with Crippen molar-refractivity contribution in [2.75, 3.05) is 6.61 Å². The molecule has 0 aliphatic rings. The first-order chi connectivity index (χ1) is 5.16. The Morgan fingerprint density at radius 3 is 2.91 bits per heavy atom. The summed E-state index contributed by atoms with van der Waals surface area (Å²) in [5.74, 6) is -0.500. The van der Waals surface area contributed by atoms with E-state index in [9.17, 15) is 4.79 Å². The summed E-state index contributed by atoms with van der Waals surface area (Å²) in [5.41, 5.74) is 5.59. The number of carbonyl (C=O) groups is 1. The molecule has 0 unspecified atom stereocenters. The van der Waals surface area contributed by atoms with Gasteiger partial charge >= 0.3 is 5.97 Å². The Labute approximate surface area is 65.2 Å². The molecule has 4 heteroatoms. The van der Waals surface area contributed by atoms with Crippen molar-refractivity contribution >= 4 is 5.97 Å². The maximum absolute atomic E-state index is 10.6. The van der Waals surface area contributed by atoms with E-state index in [1.165, 1.54) is 6.08 Å². The summed E-state index contributed by atoms with van der Waals surface area (Å²) in [7, 11) is 0. The molecule has 4 nitrogen and oxygen atoms in total. The van der Waals surface area contributed by atoms with Crippen molar-refractivity contribution in [3.8, 4) is 6.07 Å². The molecule has 0 spiro atoms. The van der Waals surface area contributed by atoms with Gasteiger partial charge in [0, 0.05) is 11.8 Å². The highest BCUT2D eigenvalue weighted by atomic mass is 16.5. The van der Waals surface area contributed by atoms with Crippen molar-refractivity contribution in [3.63, 3.8) is 0 Å². The second-order valence-corrected chi connectivity index (χ2v) is 1.96. The van der Waals surface area contributed by atoms with Crippen LogP contribution in [0.4, 0.5) is 0 Å². The lowest BCUT2D eigenvalue weighted by atomic mass is 10.4. The van der Waals surface area contributed by atoms with E-state index in [2.05, 4.69) is 4.74 Å². The van der Waals surface area contributed by atoms with Gasteiger partial charge in [-0.05, 0) is 6.92 Å². The summed E-state index contributed by atoms with van der Waals surface area (Å²) in [4.78, 5) is 10.6. The number of esters is 1. The van der Waals surface area contributed by atoms with E-state index in [0.29, 0.717) is 5.70 Å². The van der Waals surface area contributed by atoms with Crippen LogP contribution < -0.4 is 5.73 Å². The molecule has 0 saturated heterocycles. The summed E-state index contributed by atoms with van der Waals surface area (Å²) in [6, 6.07) is 1.85. The van der Waals surface area contributed by atoms with Gasteiger partial charge in [0.2, 0.25) is 0 Å². The Bertz CT molecular complexity index is 199. The van der Waals surface area contributed by atoms with Crippen LogP contribution >= 0.6 is 0 Å². The van der Waals surface area contributed by atoms with Gasteiger partial charge in [-0.1, -0.05) is 0 Å². The summed E-state index contributed by atoms with van der Waals surface area (Å²) in [6.45, 7) is 1.71. The number of rotatable bonds is 3. The minimum Gasteiger partial charge on any atom is -0.461 e. The van der Waals surface area contributed by atoms with Crippen LogP contribution in [0.1, 0.15) is 13.3 Å². The van der Waals surface area contributed by atoms with Gasteiger partial charge in [0.05, 0.1) is 12.5 Å². The van der Waals surface area contributed by atoms with Crippen molar-refractivity contribution in [3.05, 3.63) is 11.8 Å². The summed E-state index contributed by atoms with van der Waals surface area (Å²) < 4.78 is 4.58. The number of nitrogens with zero attached hydrogens (tertiary/aromatic N) is 1. The molecule has 0 atom stereocenters. The van der Waals surface area contributed by atoms with Crippen LogP contribution in [0.5, 0.6) is 0 Å². The molecule has 2 N–H and O–H groups in total. The fraction of sp³-hybridized carbons (Fsp3) is 0.429. The molecular weight excluding hydrogens is 144 g/mol. The maximum atomic E-state index is 10.6. The first-order valence-corrected chi connectivity index (χ1v) is 3.14. The molecule has 0 rings (SSSR count). The van der Waals surface area contributed by atoms with Crippen LogP contribution in [-0.2, 0) is 9.53 Å². The fourth-order valence-corrected chi connectivity index (χ4v) is 0.425. The zero-order chi connectivity index (χ0) is 8.69. The van der Waals surface area contributed by atoms with Crippen molar-refractivity contribution in [1.82, 2.24) is 0 Å². The highest BCUT2D eigenvalue weighted by Crippen LogP contribution is 1.86. The van der Waals surface area contributed by atoms with Crippen molar-refractivity contribution in [1.29, 1.82) is 5.26 Å². The van der Waals surface area contributed by atoms with E-state index in [0.717, 1.165) is 0 Å². The van der Waals surface area contributed by atoms with E-state index < -0.39 is 5.97 Å². The van der Waals surface area contributed by atoms with Crippen molar-refractivity contribution < 1.29 is 9.53 Å². The highest BCUT2D eigenvalue weighted by Gasteiger charge is 1.95. The molecular formula is C7H10N2O2. The molecule has 11 heavy (non-hydrogen) atoms. The second kappa shape index (κ2) is 5.30. The van der Waals surface area contributed by atoms with Crippen LogP contribution in [0.15, 0.2) is 11.8 Å². The number of hydrogen-bond donors (Lipinski definition) is 1. The highest BCUT2D eigenvalue weighted by molar-refractivity contribution is 5.82. The number of ether oxygens (including phenoxy) is 1. The van der Waals surface area contributed by atoms with Crippen LogP contribution in [0, 0.1) is 11.3 Å². The summed E-state index contributed by atoms with van der Waals surface area (Å²) in [6.07, 6.45) is 1.39. The van der Waals surface area contributed by atoms with Gasteiger partial charge in [-0.3, -0.25) is 0 Å². The number of hydrogen-bond acceptors (Lipinski definition) is 4. The zero-order valence-electron chi connectivity index (χ0n) is 6.33. The van der Waals surface area contributed by atoms with Gasteiger partial charge in [-0.2, -0.15) is 5.26 Å². The second-order valence-electron chi connectivity index (χ2n) is 1.96. The normalized spacial score (nSPS) is 10.4. The first-order valence-electron chi connectivity index (χ1n) is 3.14. The van der Waals surface area contributed by atoms with Gasteiger partial charge in [0.1, 0.15) is 6.61 Å². The van der Waals surface area contributed by atoms with Gasteiger partial charge < -0.3 is 10.5 Å². The molecule has 0 saturated carbocycles. The van der Waals surface area contributed by atoms with E-state index in [4.69, 9.17) is 11.0 Å². The smallest absolute Gasteiger partial charge is 0.332 e. The molecule has 0 aromatic rings. The van der Waals surface area contributed by atoms with Gasteiger partial charge in [0.15, 0.2) is 0 Å². The standard InChI is InChI=1S/C7H10N2O2/c1-6(9)5-7(10)11-4-2-3-8/h5H,2,4,9H2,1H3/b6-5+. The molecule has 0 radical (unpaired) electrons. The fourth-order valence-electron chi connectivity index (χ4n) is 0.425. The third-order valence-corrected chi connectivity index (χ3v) is 0.804. The van der Waals surface area contributed by atoms with E-state index in [-0.39, 0.29) is 13.0 Å². The van der Waals surface area contributed by atoms with Crippen LogP contribution in [0.25, 0.3) is 0 Å². The molecule has 0 bridgehead atoms. The zero-order valence-corrected chi connectivity index (χ0v) is 6.33. The Morgan fingerprint density at radius 2 is 2.45 bits per heavy atom. The number of nitrogens with two attached hydrogens (primary N) is 1. The van der Waals surface area contributed by atoms with Gasteiger partial charge in [-0.25, -0.2) is 4.79 Å². The lowest BCUT2D eigenvalue weighted by molar-refractivity contribution is -0.137. The van der Waals surface area contributed by atoms with Crippen LogP contribution in [-0.4, -0.2) is 12.6 Å². The Morgan fingerprint density at radius 1 is 1.82 bits per heavy atom. The molecule has 0 aromatic carbocycles. The third kappa shape index (κ3) is 6.38. The molecule has 0 aliphatic heterocycles. The predicted molar refractivity (Wildman–Crippen MR) is 39.1 cm³/mol. The lowest BCUT2D eigenvalue weighted by Gasteiger charge is -1.96. The summed E-state index contributed by atoms with van der Waals surface area (Å²) in [5, 5.41) is 8.08. The van der Waals surface area contributed by atoms with E-state index in [1.54, 1.807) is 6.92 Å². The van der Waals surface area contributed by atoms with Crippen LogP contribution in [0.3, 0.4) is 0 Å². The van der Waals surface area contributed by atoms with Crippen LogP contribution in [0.2, 0.25) is 0 Å².